The Morgan fingerprint density at radius 1 is 1.21 bits per heavy atom. The Labute approximate surface area is 196 Å². The maximum Gasteiger partial charge on any atom is 0.416 e. The fourth-order valence-electron chi connectivity index (χ4n) is 4.48. The Hall–Kier alpha value is -3.10. The van der Waals surface area contributed by atoms with E-state index >= 15 is 0 Å². The van der Waals surface area contributed by atoms with Crippen LogP contribution in [0.3, 0.4) is 0 Å². The predicted molar refractivity (Wildman–Crippen MR) is 117 cm³/mol. The number of rotatable bonds is 5. The van der Waals surface area contributed by atoms with Crippen LogP contribution in [0, 0.1) is 11.8 Å². The highest BCUT2D eigenvalue weighted by molar-refractivity contribution is 6.12. The predicted octanol–water partition coefficient (Wildman–Crippen LogP) is 4.66. The lowest BCUT2D eigenvalue weighted by Gasteiger charge is -2.38. The van der Waals surface area contributed by atoms with E-state index in [-0.39, 0.29) is 17.1 Å². The number of Topliss-reactive ketones (excluding diaryl/α,β-unsaturated/α-hetero) is 1. The lowest BCUT2D eigenvalue weighted by molar-refractivity contribution is -0.151. The van der Waals surface area contributed by atoms with E-state index in [4.69, 9.17) is 9.47 Å². The molecule has 1 aliphatic heterocycles. The minimum atomic E-state index is -4.53. The van der Waals surface area contributed by atoms with Gasteiger partial charge in [0.2, 0.25) is 0 Å². The summed E-state index contributed by atoms with van der Waals surface area (Å²) in [4.78, 5) is 39.2. The van der Waals surface area contributed by atoms with Crippen LogP contribution in [-0.2, 0) is 30.0 Å². The van der Waals surface area contributed by atoms with Crippen LogP contribution < -0.4 is 5.32 Å². The van der Waals surface area contributed by atoms with E-state index in [1.165, 1.54) is 19.2 Å². The summed E-state index contributed by atoms with van der Waals surface area (Å²) in [5, 5.41) is 3.12. The fourth-order valence-corrected chi connectivity index (χ4v) is 4.48. The average Bonchev–Trinajstić information content (AvgIpc) is 2.77. The standard InChI is InChI=1S/C25H28F3NO5/c1-6-13(3)34-24(32)19-14(4)29-17-11-12(2)18(23(31)33-5)22(30)21(17)20(19)15-7-9-16(10-8-15)25(26,27)28/h7-10,12-13,18,20,29H,6,11H2,1-5H3/t12-,13-,18-,20+/m1/s1. The number of halogens is 3. The number of esters is 2. The van der Waals surface area contributed by atoms with E-state index in [0.29, 0.717) is 29.8 Å². The number of carbonyl (C=O) groups is 3. The van der Waals surface area contributed by atoms with Crippen molar-refractivity contribution < 1.29 is 37.0 Å². The average molecular weight is 479 g/mol. The van der Waals surface area contributed by atoms with E-state index in [0.717, 1.165) is 12.1 Å². The second kappa shape index (κ2) is 9.64. The zero-order chi connectivity index (χ0) is 25.4. The third-order valence-electron chi connectivity index (χ3n) is 6.42. The summed E-state index contributed by atoms with van der Waals surface area (Å²) >= 11 is 0. The van der Waals surface area contributed by atoms with Gasteiger partial charge >= 0.3 is 18.1 Å². The number of ether oxygens (including phenoxy) is 2. The highest BCUT2D eigenvalue weighted by Crippen LogP contribution is 2.46. The first-order chi connectivity index (χ1) is 15.9. The van der Waals surface area contributed by atoms with Gasteiger partial charge in [0.1, 0.15) is 5.92 Å². The molecule has 1 aromatic rings. The Morgan fingerprint density at radius 2 is 1.82 bits per heavy atom. The largest absolute Gasteiger partial charge is 0.468 e. The molecule has 2 aliphatic rings. The number of benzene rings is 1. The van der Waals surface area contributed by atoms with Crippen LogP contribution in [0.1, 0.15) is 57.6 Å². The van der Waals surface area contributed by atoms with Crippen molar-refractivity contribution in [2.24, 2.45) is 11.8 Å². The van der Waals surface area contributed by atoms with Gasteiger partial charge in [-0.05, 0) is 50.3 Å². The lowest BCUT2D eigenvalue weighted by Crippen LogP contribution is -2.43. The van der Waals surface area contributed by atoms with Gasteiger partial charge in [-0.2, -0.15) is 13.2 Å². The number of nitrogens with one attached hydrogen (secondary N) is 1. The Balaban J connectivity index is 2.17. The minimum absolute atomic E-state index is 0.130. The molecule has 1 aromatic carbocycles. The molecule has 9 heteroatoms. The normalized spacial score (nSPS) is 23.8. The molecule has 0 radical (unpaired) electrons. The Bertz CT molecular complexity index is 1060. The van der Waals surface area contributed by atoms with Crippen molar-refractivity contribution in [1.82, 2.24) is 5.32 Å². The van der Waals surface area contributed by atoms with E-state index in [1.54, 1.807) is 20.8 Å². The SMILES string of the molecule is CC[C@@H](C)OC(=O)C1=C(C)NC2=C(C(=O)[C@H](C(=O)OC)[C@H](C)C2)[C@H]1c1ccc(C(F)(F)F)cc1. The number of hydrogen-bond donors (Lipinski definition) is 1. The van der Waals surface area contributed by atoms with Crippen molar-refractivity contribution >= 4 is 17.7 Å². The molecule has 0 saturated carbocycles. The van der Waals surface area contributed by atoms with Crippen LogP contribution in [0.2, 0.25) is 0 Å². The van der Waals surface area contributed by atoms with Gasteiger partial charge < -0.3 is 14.8 Å². The molecule has 0 amide bonds. The van der Waals surface area contributed by atoms with Crippen LogP contribution in [-0.4, -0.2) is 30.9 Å². The number of allylic oxidation sites excluding steroid dienone is 3. The lowest BCUT2D eigenvalue weighted by atomic mass is 9.69. The molecular formula is C25H28F3NO5. The van der Waals surface area contributed by atoms with Crippen molar-refractivity contribution in [2.45, 2.75) is 58.7 Å². The van der Waals surface area contributed by atoms with Gasteiger partial charge in [-0.1, -0.05) is 26.0 Å². The number of methoxy groups -OCH3 is 1. The van der Waals surface area contributed by atoms with Crippen molar-refractivity contribution in [3.63, 3.8) is 0 Å². The molecule has 1 aliphatic carbocycles. The van der Waals surface area contributed by atoms with Crippen LogP contribution in [0.5, 0.6) is 0 Å². The second-order valence-corrected chi connectivity index (χ2v) is 8.78. The zero-order valence-electron chi connectivity index (χ0n) is 19.7. The summed E-state index contributed by atoms with van der Waals surface area (Å²) in [6.07, 6.45) is -4.04. The fraction of sp³-hybridized carbons (Fsp3) is 0.480. The van der Waals surface area contributed by atoms with E-state index in [2.05, 4.69) is 5.32 Å². The van der Waals surface area contributed by atoms with Crippen LogP contribution in [0.4, 0.5) is 13.2 Å². The van der Waals surface area contributed by atoms with Gasteiger partial charge in [0.15, 0.2) is 5.78 Å². The van der Waals surface area contributed by atoms with E-state index < -0.39 is 47.4 Å². The number of alkyl halides is 3. The van der Waals surface area contributed by atoms with Crippen molar-refractivity contribution in [3.05, 3.63) is 57.9 Å². The van der Waals surface area contributed by atoms with Gasteiger partial charge in [0.25, 0.3) is 0 Å². The van der Waals surface area contributed by atoms with Crippen LogP contribution in [0.25, 0.3) is 0 Å². The smallest absolute Gasteiger partial charge is 0.416 e. The summed E-state index contributed by atoms with van der Waals surface area (Å²) in [6, 6.07) is 4.34. The summed E-state index contributed by atoms with van der Waals surface area (Å²) in [7, 11) is 1.19. The molecule has 0 spiro atoms. The first-order valence-electron chi connectivity index (χ1n) is 11.1. The number of carbonyl (C=O) groups excluding carboxylic acids is 3. The highest BCUT2D eigenvalue weighted by Gasteiger charge is 2.47. The van der Waals surface area contributed by atoms with Gasteiger partial charge in [-0.15, -0.1) is 0 Å². The molecule has 1 heterocycles. The molecule has 4 atom stereocenters. The molecule has 1 N–H and O–H groups in total. The maximum atomic E-state index is 13.6. The van der Waals surface area contributed by atoms with Crippen molar-refractivity contribution in [3.8, 4) is 0 Å². The molecule has 184 valence electrons. The summed E-state index contributed by atoms with van der Waals surface area (Å²) in [6.45, 7) is 6.99. The second-order valence-electron chi connectivity index (χ2n) is 8.78. The van der Waals surface area contributed by atoms with Gasteiger partial charge in [0, 0.05) is 22.9 Å². The molecule has 3 rings (SSSR count). The Morgan fingerprint density at radius 3 is 2.35 bits per heavy atom. The first-order valence-corrected chi connectivity index (χ1v) is 11.1. The highest BCUT2D eigenvalue weighted by atomic mass is 19.4. The van der Waals surface area contributed by atoms with Crippen molar-refractivity contribution in [2.75, 3.05) is 7.11 Å². The van der Waals surface area contributed by atoms with Crippen molar-refractivity contribution in [1.29, 1.82) is 0 Å². The van der Waals surface area contributed by atoms with Gasteiger partial charge in [0.05, 0.1) is 24.4 Å². The van der Waals surface area contributed by atoms with E-state index in [9.17, 15) is 27.6 Å². The van der Waals surface area contributed by atoms with Crippen LogP contribution in [0.15, 0.2) is 46.8 Å². The zero-order valence-corrected chi connectivity index (χ0v) is 19.7. The minimum Gasteiger partial charge on any atom is -0.468 e. The number of ketones is 1. The number of dihydropyridines is 1. The molecule has 0 aromatic heterocycles. The Kier molecular flexibility index (Phi) is 7.24. The summed E-state index contributed by atoms with van der Waals surface area (Å²) < 4.78 is 49.8. The molecule has 0 saturated heterocycles. The molecule has 0 fully saturated rings. The third kappa shape index (κ3) is 4.74. The van der Waals surface area contributed by atoms with E-state index in [1.807, 2.05) is 6.92 Å². The third-order valence-corrected chi connectivity index (χ3v) is 6.42. The molecule has 6 nitrogen and oxygen atoms in total. The molecule has 0 bridgehead atoms. The maximum absolute atomic E-state index is 13.6. The van der Waals surface area contributed by atoms with Gasteiger partial charge in [-0.3, -0.25) is 9.59 Å². The quantitative estimate of drug-likeness (QED) is 0.489. The topological polar surface area (TPSA) is 81.7 Å². The summed E-state index contributed by atoms with van der Waals surface area (Å²) in [5.74, 6) is -4.29. The molecule has 0 unspecified atom stereocenters. The number of hydrogen-bond acceptors (Lipinski definition) is 6. The monoisotopic (exact) mass is 479 g/mol. The molecule has 34 heavy (non-hydrogen) atoms. The molecular weight excluding hydrogens is 451 g/mol. The van der Waals surface area contributed by atoms with Crippen LogP contribution >= 0.6 is 0 Å². The summed E-state index contributed by atoms with van der Waals surface area (Å²) in [5.41, 5.74) is 0.776. The van der Waals surface area contributed by atoms with Gasteiger partial charge in [-0.25, -0.2) is 4.79 Å². The first kappa shape index (κ1) is 25.5.